The van der Waals surface area contributed by atoms with Crippen LogP contribution in [0.25, 0.3) is 10.9 Å². The zero-order chi connectivity index (χ0) is 8.55. The molecule has 3 N–H and O–H groups in total. The second kappa shape index (κ2) is 2.41. The number of H-pyrrole nitrogens is 1. The Kier molecular flexibility index (Phi) is 1.40. The molecule has 0 bridgehead atoms. The molecule has 4 heteroatoms. The van der Waals surface area contributed by atoms with E-state index in [0.717, 1.165) is 10.9 Å². The van der Waals surface area contributed by atoms with Crippen LogP contribution in [-0.4, -0.2) is 17.1 Å². The lowest BCUT2D eigenvalue weighted by Crippen LogP contribution is -1.85. The van der Waals surface area contributed by atoms with Crippen molar-refractivity contribution in [2.75, 3.05) is 12.8 Å². The Bertz CT molecular complexity index is 408. The number of nitrogens with zero attached hydrogens (tertiary/aromatic N) is 1. The maximum Gasteiger partial charge on any atom is 0.213 e. The number of aromatic amines is 1. The van der Waals surface area contributed by atoms with Gasteiger partial charge in [0.1, 0.15) is 5.82 Å². The molecule has 2 rings (SSSR count). The minimum absolute atomic E-state index is 0.599. The van der Waals surface area contributed by atoms with Gasteiger partial charge in [0, 0.05) is 11.5 Å². The van der Waals surface area contributed by atoms with Crippen molar-refractivity contribution in [3.63, 3.8) is 0 Å². The van der Waals surface area contributed by atoms with Crippen molar-refractivity contribution < 1.29 is 4.74 Å². The Hall–Kier alpha value is -1.71. The monoisotopic (exact) mass is 163 g/mol. The molecule has 12 heavy (non-hydrogen) atoms. The van der Waals surface area contributed by atoms with Gasteiger partial charge in [0.25, 0.3) is 0 Å². The number of fused-ring (bicyclic) bond motifs is 1. The summed E-state index contributed by atoms with van der Waals surface area (Å²) in [6.45, 7) is 0. The fourth-order valence-corrected chi connectivity index (χ4v) is 1.15. The summed E-state index contributed by atoms with van der Waals surface area (Å²) in [6.07, 6.45) is 1.70. The normalized spacial score (nSPS) is 10.4. The number of hydrogen-bond acceptors (Lipinski definition) is 3. The Labute approximate surface area is 69.4 Å². The number of ether oxygens (including phenoxy) is 1. The fourth-order valence-electron chi connectivity index (χ4n) is 1.15. The third-order valence-electron chi connectivity index (χ3n) is 1.71. The van der Waals surface area contributed by atoms with E-state index in [-0.39, 0.29) is 0 Å². The van der Waals surface area contributed by atoms with Gasteiger partial charge in [-0.1, -0.05) is 0 Å². The molecule has 4 nitrogen and oxygen atoms in total. The van der Waals surface area contributed by atoms with E-state index in [9.17, 15) is 0 Å². The van der Waals surface area contributed by atoms with E-state index in [0.29, 0.717) is 11.7 Å². The number of nitrogen functional groups attached to an aromatic ring is 1. The number of pyridine rings is 1. The SMILES string of the molecule is COc1cc2cc(N)[nH]c2cn1. The van der Waals surface area contributed by atoms with Gasteiger partial charge in [0.15, 0.2) is 0 Å². The molecular weight excluding hydrogens is 154 g/mol. The third kappa shape index (κ3) is 0.972. The molecule has 0 amide bonds. The standard InChI is InChI=1S/C8H9N3O/c1-12-8-3-5-2-7(9)11-6(5)4-10-8/h2-4,11H,9H2,1H3. The van der Waals surface area contributed by atoms with E-state index in [1.807, 2.05) is 12.1 Å². The van der Waals surface area contributed by atoms with Crippen LogP contribution in [0.2, 0.25) is 0 Å². The molecule has 0 aliphatic carbocycles. The predicted molar refractivity (Wildman–Crippen MR) is 47.1 cm³/mol. The number of methoxy groups -OCH3 is 1. The van der Waals surface area contributed by atoms with Gasteiger partial charge in [-0.15, -0.1) is 0 Å². The molecule has 0 aliphatic heterocycles. The second-order valence-corrected chi connectivity index (χ2v) is 2.54. The number of nitrogens with one attached hydrogen (secondary N) is 1. The van der Waals surface area contributed by atoms with Crippen molar-refractivity contribution in [2.45, 2.75) is 0 Å². The highest BCUT2D eigenvalue weighted by Gasteiger charge is 1.99. The number of hydrogen-bond donors (Lipinski definition) is 2. The molecule has 0 aliphatic rings. The average molecular weight is 163 g/mol. The van der Waals surface area contributed by atoms with E-state index in [2.05, 4.69) is 9.97 Å². The topological polar surface area (TPSA) is 63.9 Å². The maximum absolute atomic E-state index is 5.56. The van der Waals surface area contributed by atoms with E-state index in [1.54, 1.807) is 13.3 Å². The van der Waals surface area contributed by atoms with E-state index in [4.69, 9.17) is 10.5 Å². The Morgan fingerprint density at radius 2 is 2.33 bits per heavy atom. The molecule has 2 aromatic rings. The van der Waals surface area contributed by atoms with Crippen LogP contribution in [-0.2, 0) is 0 Å². The van der Waals surface area contributed by atoms with Gasteiger partial charge < -0.3 is 15.5 Å². The summed E-state index contributed by atoms with van der Waals surface area (Å²) in [4.78, 5) is 7.00. The molecule has 2 heterocycles. The van der Waals surface area contributed by atoms with Crippen molar-refractivity contribution in [3.05, 3.63) is 18.3 Å². The van der Waals surface area contributed by atoms with E-state index in [1.165, 1.54) is 0 Å². The summed E-state index contributed by atoms with van der Waals surface area (Å²) < 4.78 is 4.97. The van der Waals surface area contributed by atoms with Gasteiger partial charge in [0.2, 0.25) is 5.88 Å². The number of rotatable bonds is 1. The van der Waals surface area contributed by atoms with Crippen LogP contribution in [0.15, 0.2) is 18.3 Å². The van der Waals surface area contributed by atoms with Gasteiger partial charge in [-0.05, 0) is 6.07 Å². The molecule has 0 spiro atoms. The molecule has 0 atom stereocenters. The molecule has 0 radical (unpaired) electrons. The van der Waals surface area contributed by atoms with Crippen LogP contribution in [0.3, 0.4) is 0 Å². The molecule has 0 unspecified atom stereocenters. The molecule has 0 fully saturated rings. The zero-order valence-electron chi connectivity index (χ0n) is 6.66. The summed E-state index contributed by atoms with van der Waals surface area (Å²) in [6, 6.07) is 3.68. The Balaban J connectivity index is 2.66. The molecule has 0 saturated carbocycles. The van der Waals surface area contributed by atoms with Crippen molar-refractivity contribution in [1.82, 2.24) is 9.97 Å². The largest absolute Gasteiger partial charge is 0.481 e. The first kappa shape index (κ1) is 6.97. The summed E-state index contributed by atoms with van der Waals surface area (Å²) in [5, 5.41) is 1.01. The van der Waals surface area contributed by atoms with Crippen molar-refractivity contribution in [2.24, 2.45) is 0 Å². The molecule has 2 aromatic heterocycles. The lowest BCUT2D eigenvalue weighted by atomic mass is 10.3. The molecule has 0 aromatic carbocycles. The van der Waals surface area contributed by atoms with Crippen molar-refractivity contribution in [3.8, 4) is 5.88 Å². The van der Waals surface area contributed by atoms with Crippen LogP contribution in [0, 0.1) is 0 Å². The highest BCUT2D eigenvalue weighted by atomic mass is 16.5. The summed E-state index contributed by atoms with van der Waals surface area (Å²) in [5.41, 5.74) is 6.48. The number of anilines is 1. The van der Waals surface area contributed by atoms with Gasteiger partial charge in [-0.2, -0.15) is 0 Å². The third-order valence-corrected chi connectivity index (χ3v) is 1.71. The van der Waals surface area contributed by atoms with Crippen LogP contribution in [0.5, 0.6) is 5.88 Å². The Morgan fingerprint density at radius 1 is 1.50 bits per heavy atom. The van der Waals surface area contributed by atoms with E-state index >= 15 is 0 Å². The highest BCUT2D eigenvalue weighted by Crippen LogP contribution is 2.19. The fraction of sp³-hybridized carbons (Fsp3) is 0.125. The summed E-state index contributed by atoms with van der Waals surface area (Å²) in [5.74, 6) is 1.24. The quantitative estimate of drug-likeness (QED) is 0.662. The summed E-state index contributed by atoms with van der Waals surface area (Å²) in [7, 11) is 1.59. The van der Waals surface area contributed by atoms with Crippen LogP contribution in [0.4, 0.5) is 5.82 Å². The van der Waals surface area contributed by atoms with Crippen molar-refractivity contribution >= 4 is 16.7 Å². The first-order chi connectivity index (χ1) is 5.79. The number of aromatic nitrogens is 2. The molecule has 0 saturated heterocycles. The molecule has 62 valence electrons. The second-order valence-electron chi connectivity index (χ2n) is 2.54. The summed E-state index contributed by atoms with van der Waals surface area (Å²) >= 11 is 0. The van der Waals surface area contributed by atoms with Gasteiger partial charge >= 0.3 is 0 Å². The minimum Gasteiger partial charge on any atom is -0.481 e. The van der Waals surface area contributed by atoms with Crippen LogP contribution >= 0.6 is 0 Å². The minimum atomic E-state index is 0.599. The van der Waals surface area contributed by atoms with Crippen molar-refractivity contribution in [1.29, 1.82) is 0 Å². The van der Waals surface area contributed by atoms with Crippen LogP contribution in [0.1, 0.15) is 0 Å². The smallest absolute Gasteiger partial charge is 0.213 e. The average Bonchev–Trinajstić information content (AvgIpc) is 2.43. The highest BCUT2D eigenvalue weighted by molar-refractivity contribution is 5.83. The van der Waals surface area contributed by atoms with E-state index < -0.39 is 0 Å². The lowest BCUT2D eigenvalue weighted by molar-refractivity contribution is 0.399. The predicted octanol–water partition coefficient (Wildman–Crippen LogP) is 1.15. The first-order valence-electron chi connectivity index (χ1n) is 3.58. The maximum atomic E-state index is 5.56. The zero-order valence-corrected chi connectivity index (χ0v) is 6.66. The first-order valence-corrected chi connectivity index (χ1v) is 3.58. The Morgan fingerprint density at radius 3 is 3.08 bits per heavy atom. The van der Waals surface area contributed by atoms with Gasteiger partial charge in [-0.3, -0.25) is 0 Å². The van der Waals surface area contributed by atoms with Crippen LogP contribution < -0.4 is 10.5 Å². The van der Waals surface area contributed by atoms with Gasteiger partial charge in [0.05, 0.1) is 18.8 Å². The number of nitrogens with two attached hydrogens (primary N) is 1. The molecular formula is C8H9N3O. The lowest BCUT2D eigenvalue weighted by Gasteiger charge is -1.95. The van der Waals surface area contributed by atoms with Gasteiger partial charge in [-0.25, -0.2) is 4.98 Å².